The number of nitrogens with one attached hydrogen (secondary N) is 1. The molecule has 5 nitrogen and oxygen atoms in total. The van der Waals surface area contributed by atoms with Crippen LogP contribution in [0.2, 0.25) is 0 Å². The van der Waals surface area contributed by atoms with Gasteiger partial charge in [-0.25, -0.2) is 4.98 Å². The van der Waals surface area contributed by atoms with Gasteiger partial charge in [0.2, 0.25) is 0 Å². The van der Waals surface area contributed by atoms with Crippen molar-refractivity contribution in [2.24, 2.45) is 0 Å². The number of amides is 1. The minimum atomic E-state index is -0.0627. The predicted molar refractivity (Wildman–Crippen MR) is 98.1 cm³/mol. The molecule has 2 heterocycles. The molecule has 0 spiro atoms. The van der Waals surface area contributed by atoms with E-state index in [1.165, 1.54) is 11.1 Å². The Kier molecular flexibility index (Phi) is 3.55. The third-order valence-corrected chi connectivity index (χ3v) is 5.55. The number of fused-ring (bicyclic) bond motifs is 2. The van der Waals surface area contributed by atoms with Gasteiger partial charge in [-0.05, 0) is 56.2 Å². The van der Waals surface area contributed by atoms with Crippen LogP contribution >= 0.6 is 0 Å². The van der Waals surface area contributed by atoms with Crippen molar-refractivity contribution in [3.63, 3.8) is 0 Å². The first kappa shape index (κ1) is 15.6. The number of aryl methyl sites for hydroxylation is 2. The third-order valence-electron chi connectivity index (χ3n) is 5.55. The molecule has 1 aromatic carbocycles. The van der Waals surface area contributed by atoms with Gasteiger partial charge in [-0.15, -0.1) is 0 Å². The first-order chi connectivity index (χ1) is 12.7. The predicted octanol–water partition coefficient (Wildman–Crippen LogP) is 4.22. The molecule has 26 heavy (non-hydrogen) atoms. The Hall–Kier alpha value is -2.69. The zero-order valence-corrected chi connectivity index (χ0v) is 14.8. The van der Waals surface area contributed by atoms with Crippen LogP contribution in [0.1, 0.15) is 70.5 Å². The molecule has 132 valence electrons. The molecular weight excluding hydrogens is 326 g/mol. The highest BCUT2D eigenvalue weighted by molar-refractivity contribution is 6.06. The van der Waals surface area contributed by atoms with Crippen LogP contribution in [0.15, 0.2) is 34.9 Å². The van der Waals surface area contributed by atoms with E-state index in [4.69, 9.17) is 4.52 Å². The van der Waals surface area contributed by atoms with Crippen LogP contribution in [0.3, 0.4) is 0 Å². The van der Waals surface area contributed by atoms with Crippen molar-refractivity contribution in [3.05, 3.63) is 58.4 Å². The fraction of sp³-hybridized carbons (Fsp3) is 0.381. The Morgan fingerprint density at radius 1 is 1.23 bits per heavy atom. The zero-order valence-electron chi connectivity index (χ0n) is 14.8. The average Bonchev–Trinajstić information content (AvgIpc) is 3.45. The van der Waals surface area contributed by atoms with Crippen molar-refractivity contribution in [3.8, 4) is 0 Å². The van der Waals surface area contributed by atoms with Crippen molar-refractivity contribution >= 4 is 17.0 Å². The fourth-order valence-corrected chi connectivity index (χ4v) is 4.02. The molecule has 1 fully saturated rings. The summed E-state index contributed by atoms with van der Waals surface area (Å²) in [7, 11) is 0. The van der Waals surface area contributed by atoms with Crippen LogP contribution in [0.4, 0.5) is 0 Å². The maximum atomic E-state index is 13.2. The van der Waals surface area contributed by atoms with Crippen LogP contribution in [-0.2, 0) is 6.42 Å². The van der Waals surface area contributed by atoms with Crippen LogP contribution in [0.25, 0.3) is 11.1 Å². The number of carbonyl (C=O) groups excluding carboxylic acids is 1. The number of benzene rings is 1. The van der Waals surface area contributed by atoms with Crippen molar-refractivity contribution < 1.29 is 9.32 Å². The maximum absolute atomic E-state index is 13.2. The second-order valence-electron chi connectivity index (χ2n) is 7.43. The molecule has 1 atom stereocenters. The molecule has 2 aromatic heterocycles. The third kappa shape index (κ3) is 2.59. The van der Waals surface area contributed by atoms with E-state index in [9.17, 15) is 4.79 Å². The summed E-state index contributed by atoms with van der Waals surface area (Å²) in [5, 5.41) is 8.01. The average molecular weight is 347 g/mol. The Bertz CT molecular complexity index is 1000. The molecule has 5 rings (SSSR count). The zero-order chi connectivity index (χ0) is 17.7. The van der Waals surface area contributed by atoms with Gasteiger partial charge in [0.05, 0.1) is 22.7 Å². The molecule has 1 N–H and O–H groups in total. The van der Waals surface area contributed by atoms with E-state index in [1.54, 1.807) is 0 Å². The summed E-state index contributed by atoms with van der Waals surface area (Å²) in [4.78, 5) is 17.7. The summed E-state index contributed by atoms with van der Waals surface area (Å²) >= 11 is 0. The second-order valence-corrected chi connectivity index (χ2v) is 7.43. The van der Waals surface area contributed by atoms with Crippen molar-refractivity contribution in [1.29, 1.82) is 0 Å². The highest BCUT2D eigenvalue weighted by atomic mass is 16.5. The van der Waals surface area contributed by atoms with Crippen LogP contribution in [0, 0.1) is 6.92 Å². The Balaban J connectivity index is 1.52. The number of hydrogen-bond acceptors (Lipinski definition) is 4. The number of hydrogen-bond donors (Lipinski definition) is 1. The second kappa shape index (κ2) is 5.94. The normalized spacial score (nSPS) is 19.3. The largest absolute Gasteiger partial charge is 0.345 e. The van der Waals surface area contributed by atoms with Gasteiger partial charge in [-0.2, -0.15) is 0 Å². The summed E-state index contributed by atoms with van der Waals surface area (Å²) < 4.78 is 5.36. The highest BCUT2D eigenvalue weighted by Gasteiger charge is 2.29. The molecule has 2 aliphatic rings. The van der Waals surface area contributed by atoms with Crippen LogP contribution in [-0.4, -0.2) is 16.0 Å². The molecule has 3 aromatic rings. The topological polar surface area (TPSA) is 68.0 Å². The first-order valence-corrected chi connectivity index (χ1v) is 9.36. The lowest BCUT2D eigenvalue weighted by Gasteiger charge is -2.26. The lowest BCUT2D eigenvalue weighted by atomic mass is 9.87. The number of rotatable bonds is 3. The van der Waals surface area contributed by atoms with Gasteiger partial charge in [0, 0.05) is 11.6 Å². The summed E-state index contributed by atoms with van der Waals surface area (Å²) in [6.07, 6.45) is 5.40. The Labute approximate surface area is 151 Å². The van der Waals surface area contributed by atoms with E-state index in [0.717, 1.165) is 43.2 Å². The molecule has 1 saturated carbocycles. The fourth-order valence-electron chi connectivity index (χ4n) is 4.02. The summed E-state index contributed by atoms with van der Waals surface area (Å²) in [5.41, 5.74) is 5.34. The van der Waals surface area contributed by atoms with Crippen LogP contribution < -0.4 is 5.32 Å². The summed E-state index contributed by atoms with van der Waals surface area (Å²) in [5.74, 6) is 0.388. The first-order valence-electron chi connectivity index (χ1n) is 9.36. The van der Waals surface area contributed by atoms with Crippen molar-refractivity contribution in [1.82, 2.24) is 15.5 Å². The van der Waals surface area contributed by atoms with E-state index < -0.39 is 0 Å². The van der Waals surface area contributed by atoms with E-state index in [-0.39, 0.29) is 11.9 Å². The molecule has 0 aliphatic heterocycles. The smallest absolute Gasteiger partial charge is 0.259 e. The maximum Gasteiger partial charge on any atom is 0.259 e. The minimum absolute atomic E-state index is 0.0557. The van der Waals surface area contributed by atoms with E-state index in [2.05, 4.69) is 33.7 Å². The lowest BCUT2D eigenvalue weighted by molar-refractivity contribution is 0.0934. The van der Waals surface area contributed by atoms with Gasteiger partial charge in [0.1, 0.15) is 0 Å². The monoisotopic (exact) mass is 347 g/mol. The molecule has 2 aliphatic carbocycles. The molecule has 5 heteroatoms. The van der Waals surface area contributed by atoms with Gasteiger partial charge in [-0.1, -0.05) is 29.4 Å². The van der Waals surface area contributed by atoms with Gasteiger partial charge >= 0.3 is 0 Å². The van der Waals surface area contributed by atoms with E-state index >= 15 is 0 Å². The quantitative estimate of drug-likeness (QED) is 0.770. The van der Waals surface area contributed by atoms with Crippen LogP contribution in [0.5, 0.6) is 0 Å². The van der Waals surface area contributed by atoms with E-state index in [0.29, 0.717) is 22.9 Å². The molecule has 1 amide bonds. The number of carbonyl (C=O) groups is 1. The SMILES string of the molecule is Cc1noc2nc(C3CC3)cc(C(=O)N[C@@H]3CCCc4ccccc43)c12. The minimum Gasteiger partial charge on any atom is -0.345 e. The van der Waals surface area contributed by atoms with Gasteiger partial charge in [0.15, 0.2) is 0 Å². The number of pyridine rings is 1. The molecule has 0 unspecified atom stereocenters. The van der Waals surface area contributed by atoms with Gasteiger partial charge < -0.3 is 9.84 Å². The molecule has 0 saturated heterocycles. The highest BCUT2D eigenvalue weighted by Crippen LogP contribution is 2.40. The Morgan fingerprint density at radius 2 is 2.08 bits per heavy atom. The van der Waals surface area contributed by atoms with Gasteiger partial charge in [-0.3, -0.25) is 4.79 Å². The number of aromatic nitrogens is 2. The van der Waals surface area contributed by atoms with Gasteiger partial charge in [0.25, 0.3) is 11.6 Å². The number of nitrogens with zero attached hydrogens (tertiary/aromatic N) is 2. The van der Waals surface area contributed by atoms with Crippen molar-refractivity contribution in [2.75, 3.05) is 0 Å². The molecule has 0 bridgehead atoms. The molecule has 0 radical (unpaired) electrons. The van der Waals surface area contributed by atoms with E-state index in [1.807, 2.05) is 19.1 Å². The lowest BCUT2D eigenvalue weighted by Crippen LogP contribution is -2.31. The standard InChI is InChI=1S/C21H21N3O2/c1-12-19-16(11-18(14-9-10-14)23-21(19)26-24-12)20(25)22-17-8-4-6-13-5-2-3-7-15(13)17/h2-3,5,7,11,14,17H,4,6,8-10H2,1H3,(H,22,25)/t17-/m1/s1. The summed E-state index contributed by atoms with van der Waals surface area (Å²) in [6, 6.07) is 10.4. The summed E-state index contributed by atoms with van der Waals surface area (Å²) in [6.45, 7) is 1.86. The Morgan fingerprint density at radius 3 is 2.92 bits per heavy atom. The van der Waals surface area contributed by atoms with Crippen molar-refractivity contribution in [2.45, 2.75) is 51.0 Å². The molecular formula is C21H21N3O2.